The highest BCUT2D eigenvalue weighted by Crippen LogP contribution is 2.23. The summed E-state index contributed by atoms with van der Waals surface area (Å²) in [5, 5.41) is 3.31. The number of carbonyl (C=O) groups excluding carboxylic acids is 1. The van der Waals surface area contributed by atoms with Gasteiger partial charge in [-0.3, -0.25) is 4.79 Å². The predicted octanol–water partition coefficient (Wildman–Crippen LogP) is 2.53. The fourth-order valence-electron chi connectivity index (χ4n) is 2.28. The van der Waals surface area contributed by atoms with Gasteiger partial charge >= 0.3 is 0 Å². The van der Waals surface area contributed by atoms with Crippen molar-refractivity contribution in [3.8, 4) is 0 Å². The van der Waals surface area contributed by atoms with Gasteiger partial charge in [-0.15, -0.1) is 0 Å². The van der Waals surface area contributed by atoms with Gasteiger partial charge in [0.15, 0.2) is 0 Å². The van der Waals surface area contributed by atoms with Crippen molar-refractivity contribution in [1.29, 1.82) is 0 Å². The van der Waals surface area contributed by atoms with Gasteiger partial charge in [-0.25, -0.2) is 0 Å². The number of amides is 1. The first-order valence-corrected chi connectivity index (χ1v) is 6.42. The zero-order chi connectivity index (χ0) is 12.3. The molecular formula is C14H20N2O. The molecule has 3 nitrogen and oxygen atoms in total. The van der Waals surface area contributed by atoms with Gasteiger partial charge in [0.25, 0.3) is 5.91 Å². The molecule has 0 spiro atoms. The number of rotatable bonds is 4. The average molecular weight is 232 g/mol. The standard InChI is InChI=1S/C14H20N2O/c1-3-9-16(4-2)14(17)12-6-5-11-7-8-15-13(11)10-12/h5-6,10,15H,3-4,7-9H2,1-2H3. The third kappa shape index (κ3) is 2.43. The maximum absolute atomic E-state index is 12.3. The van der Waals surface area contributed by atoms with E-state index in [2.05, 4.69) is 18.3 Å². The molecule has 3 heteroatoms. The molecule has 0 aliphatic carbocycles. The molecule has 1 aliphatic heterocycles. The molecule has 2 rings (SSSR count). The van der Waals surface area contributed by atoms with Crippen LogP contribution in [0.5, 0.6) is 0 Å². The third-order valence-corrected chi connectivity index (χ3v) is 3.23. The van der Waals surface area contributed by atoms with Crippen LogP contribution < -0.4 is 5.32 Å². The Kier molecular flexibility index (Phi) is 3.67. The van der Waals surface area contributed by atoms with Gasteiger partial charge in [0.1, 0.15) is 0 Å². The topological polar surface area (TPSA) is 32.3 Å². The molecule has 0 fully saturated rings. The Morgan fingerprint density at radius 3 is 2.94 bits per heavy atom. The molecule has 1 aliphatic rings. The van der Waals surface area contributed by atoms with Crippen molar-refractivity contribution >= 4 is 11.6 Å². The summed E-state index contributed by atoms with van der Waals surface area (Å²) in [6.07, 6.45) is 2.07. The largest absolute Gasteiger partial charge is 0.384 e. The molecule has 1 amide bonds. The highest BCUT2D eigenvalue weighted by Gasteiger charge is 2.16. The molecule has 0 saturated carbocycles. The molecule has 1 N–H and O–H groups in total. The van der Waals surface area contributed by atoms with Crippen molar-refractivity contribution in [2.45, 2.75) is 26.7 Å². The smallest absolute Gasteiger partial charge is 0.253 e. The first kappa shape index (κ1) is 12.0. The minimum absolute atomic E-state index is 0.144. The van der Waals surface area contributed by atoms with E-state index in [4.69, 9.17) is 0 Å². The maximum Gasteiger partial charge on any atom is 0.253 e. The molecule has 92 valence electrons. The highest BCUT2D eigenvalue weighted by atomic mass is 16.2. The number of fused-ring (bicyclic) bond motifs is 1. The summed E-state index contributed by atoms with van der Waals surface area (Å²) in [7, 11) is 0. The average Bonchev–Trinajstić information content (AvgIpc) is 2.82. The van der Waals surface area contributed by atoms with E-state index in [-0.39, 0.29) is 5.91 Å². The summed E-state index contributed by atoms with van der Waals surface area (Å²) in [5.41, 5.74) is 3.25. The summed E-state index contributed by atoms with van der Waals surface area (Å²) >= 11 is 0. The number of carbonyl (C=O) groups is 1. The lowest BCUT2D eigenvalue weighted by Gasteiger charge is -2.20. The van der Waals surface area contributed by atoms with E-state index in [1.807, 2.05) is 24.0 Å². The zero-order valence-corrected chi connectivity index (χ0v) is 10.6. The molecule has 1 aromatic rings. The van der Waals surface area contributed by atoms with Crippen LogP contribution in [-0.2, 0) is 6.42 Å². The van der Waals surface area contributed by atoms with E-state index in [0.717, 1.165) is 43.7 Å². The third-order valence-electron chi connectivity index (χ3n) is 3.23. The normalized spacial score (nSPS) is 13.1. The van der Waals surface area contributed by atoms with Crippen LogP contribution in [0.2, 0.25) is 0 Å². The van der Waals surface area contributed by atoms with E-state index in [1.165, 1.54) is 5.56 Å². The highest BCUT2D eigenvalue weighted by molar-refractivity contribution is 5.95. The van der Waals surface area contributed by atoms with E-state index in [1.54, 1.807) is 0 Å². The molecule has 1 aromatic carbocycles. The Hall–Kier alpha value is -1.51. The predicted molar refractivity (Wildman–Crippen MR) is 70.5 cm³/mol. The lowest BCUT2D eigenvalue weighted by molar-refractivity contribution is 0.0764. The monoisotopic (exact) mass is 232 g/mol. The number of benzene rings is 1. The van der Waals surface area contributed by atoms with E-state index < -0.39 is 0 Å². The summed E-state index contributed by atoms with van der Waals surface area (Å²) in [6, 6.07) is 6.01. The van der Waals surface area contributed by atoms with Crippen LogP contribution in [0.15, 0.2) is 18.2 Å². The minimum atomic E-state index is 0.144. The van der Waals surface area contributed by atoms with Crippen LogP contribution in [0.1, 0.15) is 36.2 Å². The number of anilines is 1. The van der Waals surface area contributed by atoms with E-state index >= 15 is 0 Å². The van der Waals surface area contributed by atoms with Crippen LogP contribution >= 0.6 is 0 Å². The van der Waals surface area contributed by atoms with Gasteiger partial charge in [-0.1, -0.05) is 13.0 Å². The Morgan fingerprint density at radius 2 is 2.24 bits per heavy atom. The summed E-state index contributed by atoms with van der Waals surface area (Å²) in [4.78, 5) is 14.2. The minimum Gasteiger partial charge on any atom is -0.384 e. The fourth-order valence-corrected chi connectivity index (χ4v) is 2.28. The molecule has 0 unspecified atom stereocenters. The molecule has 0 saturated heterocycles. The van der Waals surface area contributed by atoms with Crippen molar-refractivity contribution < 1.29 is 4.79 Å². The van der Waals surface area contributed by atoms with Gasteiger partial charge in [0, 0.05) is 30.9 Å². The van der Waals surface area contributed by atoms with Crippen LogP contribution in [0, 0.1) is 0 Å². The fraction of sp³-hybridized carbons (Fsp3) is 0.500. The SMILES string of the molecule is CCCN(CC)C(=O)c1ccc2c(c1)NCC2. The molecular weight excluding hydrogens is 212 g/mol. The second kappa shape index (κ2) is 5.21. The van der Waals surface area contributed by atoms with Crippen molar-refractivity contribution in [3.05, 3.63) is 29.3 Å². The molecule has 17 heavy (non-hydrogen) atoms. The van der Waals surface area contributed by atoms with Gasteiger partial charge in [-0.05, 0) is 37.5 Å². The summed E-state index contributed by atoms with van der Waals surface area (Å²) in [5.74, 6) is 0.144. The van der Waals surface area contributed by atoms with Crippen LogP contribution in [0.4, 0.5) is 5.69 Å². The Morgan fingerprint density at radius 1 is 1.41 bits per heavy atom. The Balaban J connectivity index is 2.19. The van der Waals surface area contributed by atoms with Gasteiger partial charge < -0.3 is 10.2 Å². The van der Waals surface area contributed by atoms with Gasteiger partial charge in [0.05, 0.1) is 0 Å². The van der Waals surface area contributed by atoms with Crippen molar-refractivity contribution in [2.24, 2.45) is 0 Å². The molecule has 1 heterocycles. The summed E-state index contributed by atoms with van der Waals surface area (Å²) < 4.78 is 0. The van der Waals surface area contributed by atoms with Crippen LogP contribution in [-0.4, -0.2) is 30.4 Å². The second-order valence-electron chi connectivity index (χ2n) is 4.43. The van der Waals surface area contributed by atoms with Crippen LogP contribution in [0.25, 0.3) is 0 Å². The number of nitrogens with zero attached hydrogens (tertiary/aromatic N) is 1. The number of hydrogen-bond acceptors (Lipinski definition) is 2. The maximum atomic E-state index is 12.3. The quantitative estimate of drug-likeness (QED) is 0.865. The molecule has 0 aromatic heterocycles. The van der Waals surface area contributed by atoms with Crippen molar-refractivity contribution in [2.75, 3.05) is 25.0 Å². The van der Waals surface area contributed by atoms with Crippen molar-refractivity contribution in [1.82, 2.24) is 4.90 Å². The second-order valence-corrected chi connectivity index (χ2v) is 4.43. The number of nitrogens with one attached hydrogen (secondary N) is 1. The molecule has 0 bridgehead atoms. The van der Waals surface area contributed by atoms with Crippen molar-refractivity contribution in [3.63, 3.8) is 0 Å². The van der Waals surface area contributed by atoms with Gasteiger partial charge in [-0.2, -0.15) is 0 Å². The van der Waals surface area contributed by atoms with Gasteiger partial charge in [0.2, 0.25) is 0 Å². The lowest BCUT2D eigenvalue weighted by atomic mass is 10.1. The van der Waals surface area contributed by atoms with E-state index in [0.29, 0.717) is 0 Å². The first-order valence-electron chi connectivity index (χ1n) is 6.42. The Bertz CT molecular complexity index is 415. The number of hydrogen-bond donors (Lipinski definition) is 1. The Labute approximate surface area is 103 Å². The lowest BCUT2D eigenvalue weighted by Crippen LogP contribution is -2.31. The zero-order valence-electron chi connectivity index (χ0n) is 10.6. The molecule has 0 atom stereocenters. The van der Waals surface area contributed by atoms with E-state index in [9.17, 15) is 4.79 Å². The molecule has 0 radical (unpaired) electrons. The first-order chi connectivity index (χ1) is 8.26. The van der Waals surface area contributed by atoms with Crippen LogP contribution in [0.3, 0.4) is 0 Å². The summed E-state index contributed by atoms with van der Waals surface area (Å²) in [6.45, 7) is 6.72.